The summed E-state index contributed by atoms with van der Waals surface area (Å²) in [5.41, 5.74) is 0.759. The van der Waals surface area contributed by atoms with Gasteiger partial charge >= 0.3 is 0 Å². The zero-order valence-electron chi connectivity index (χ0n) is 10.3. The van der Waals surface area contributed by atoms with Crippen LogP contribution in [0.4, 0.5) is 5.69 Å². The fourth-order valence-corrected chi connectivity index (χ4v) is 2.48. The fourth-order valence-electron chi connectivity index (χ4n) is 1.97. The quantitative estimate of drug-likeness (QED) is 0.611. The van der Waals surface area contributed by atoms with Crippen molar-refractivity contribution >= 4 is 21.8 Å². The third-order valence-electron chi connectivity index (χ3n) is 3.23. The molecule has 1 saturated carbocycles. The molecule has 0 heterocycles. The van der Waals surface area contributed by atoms with Crippen LogP contribution in [0, 0.1) is 0 Å². The molecule has 0 saturated heterocycles. The lowest BCUT2D eigenvalue weighted by atomic mass is 10.0. The lowest BCUT2D eigenvalue weighted by molar-refractivity contribution is 0.556. The number of anilines is 1. The Hall–Kier alpha value is -1.65. The molecule has 2 rings (SSSR count). The number of hydrogen-bond acceptors (Lipinski definition) is 4. The van der Waals surface area contributed by atoms with Gasteiger partial charge in [0.2, 0.25) is 16.1 Å². The SMILES string of the molecule is CN(c1ccccc1C1(N=C=O)CC1)S(C)(=O)=O. The predicted octanol–water partition coefficient (Wildman–Crippen LogP) is 1.41. The van der Waals surface area contributed by atoms with Gasteiger partial charge in [0, 0.05) is 12.6 Å². The van der Waals surface area contributed by atoms with Crippen LogP contribution in [0.25, 0.3) is 0 Å². The van der Waals surface area contributed by atoms with Crippen molar-refractivity contribution in [3.05, 3.63) is 29.8 Å². The van der Waals surface area contributed by atoms with Gasteiger partial charge in [-0.15, -0.1) is 0 Å². The third-order valence-corrected chi connectivity index (χ3v) is 4.42. The number of sulfonamides is 1. The van der Waals surface area contributed by atoms with Gasteiger partial charge < -0.3 is 0 Å². The first-order valence-electron chi connectivity index (χ1n) is 5.53. The van der Waals surface area contributed by atoms with Gasteiger partial charge in [0.1, 0.15) is 5.54 Å². The van der Waals surface area contributed by atoms with Crippen molar-refractivity contribution in [3.63, 3.8) is 0 Å². The van der Waals surface area contributed by atoms with E-state index in [1.807, 2.05) is 12.1 Å². The Balaban J connectivity index is 2.54. The first-order chi connectivity index (χ1) is 8.41. The minimum atomic E-state index is -3.33. The first kappa shape index (κ1) is 12.8. The van der Waals surface area contributed by atoms with Gasteiger partial charge in [-0.25, -0.2) is 13.2 Å². The average molecular weight is 266 g/mol. The van der Waals surface area contributed by atoms with Crippen LogP contribution in [0.1, 0.15) is 18.4 Å². The Labute approximate surface area is 106 Å². The van der Waals surface area contributed by atoms with Gasteiger partial charge in [0.05, 0.1) is 11.9 Å². The van der Waals surface area contributed by atoms with E-state index in [0.717, 1.165) is 24.7 Å². The molecule has 1 aromatic carbocycles. The normalized spacial score (nSPS) is 16.8. The molecular formula is C12H14N2O3S. The van der Waals surface area contributed by atoms with E-state index in [-0.39, 0.29) is 0 Å². The zero-order chi connectivity index (χ0) is 13.4. The van der Waals surface area contributed by atoms with Crippen molar-refractivity contribution in [2.75, 3.05) is 17.6 Å². The van der Waals surface area contributed by atoms with E-state index in [1.54, 1.807) is 18.2 Å². The molecule has 0 amide bonds. The van der Waals surface area contributed by atoms with Gasteiger partial charge in [-0.1, -0.05) is 18.2 Å². The van der Waals surface area contributed by atoms with E-state index in [4.69, 9.17) is 0 Å². The molecule has 0 atom stereocenters. The molecule has 1 aliphatic carbocycles. The average Bonchev–Trinajstić information content (AvgIpc) is 3.08. The summed E-state index contributed by atoms with van der Waals surface area (Å²) in [5, 5.41) is 0. The highest BCUT2D eigenvalue weighted by molar-refractivity contribution is 7.92. The number of isocyanates is 1. The summed E-state index contributed by atoms with van der Waals surface area (Å²) < 4.78 is 24.4. The van der Waals surface area contributed by atoms with Crippen LogP contribution in [0.3, 0.4) is 0 Å². The number of para-hydroxylation sites is 1. The van der Waals surface area contributed by atoms with Crippen molar-refractivity contribution < 1.29 is 13.2 Å². The summed E-state index contributed by atoms with van der Waals surface area (Å²) in [6.45, 7) is 0. The summed E-state index contributed by atoms with van der Waals surface area (Å²) in [6.07, 6.45) is 4.22. The van der Waals surface area contributed by atoms with Crippen molar-refractivity contribution in [1.29, 1.82) is 0 Å². The molecule has 0 radical (unpaired) electrons. The topological polar surface area (TPSA) is 66.8 Å². The number of hydrogen-bond donors (Lipinski definition) is 0. The molecule has 0 spiro atoms. The largest absolute Gasteiger partial charge is 0.273 e. The van der Waals surface area contributed by atoms with Crippen molar-refractivity contribution in [3.8, 4) is 0 Å². The summed E-state index contributed by atoms with van der Waals surface area (Å²) in [7, 11) is -1.84. The van der Waals surface area contributed by atoms with E-state index in [2.05, 4.69) is 4.99 Å². The fraction of sp³-hybridized carbons (Fsp3) is 0.417. The highest BCUT2D eigenvalue weighted by Gasteiger charge is 2.47. The second-order valence-electron chi connectivity index (χ2n) is 4.48. The van der Waals surface area contributed by atoms with Gasteiger partial charge in [0.15, 0.2) is 0 Å². The van der Waals surface area contributed by atoms with E-state index in [9.17, 15) is 13.2 Å². The van der Waals surface area contributed by atoms with E-state index in [0.29, 0.717) is 5.69 Å². The van der Waals surface area contributed by atoms with E-state index in [1.165, 1.54) is 11.4 Å². The smallest absolute Gasteiger partial charge is 0.235 e. The number of aliphatic imine (C=N–C) groups is 1. The maximum Gasteiger partial charge on any atom is 0.235 e. The molecule has 6 heteroatoms. The first-order valence-corrected chi connectivity index (χ1v) is 7.38. The zero-order valence-corrected chi connectivity index (χ0v) is 11.1. The van der Waals surface area contributed by atoms with Gasteiger partial charge in [-0.3, -0.25) is 4.31 Å². The molecule has 0 bridgehead atoms. The van der Waals surface area contributed by atoms with Crippen LogP contribution in [0.2, 0.25) is 0 Å². The molecule has 1 aliphatic rings. The Kier molecular flexibility index (Phi) is 3.00. The molecule has 0 aromatic heterocycles. The summed E-state index contributed by atoms with van der Waals surface area (Å²) >= 11 is 0. The lowest BCUT2D eigenvalue weighted by Gasteiger charge is -2.22. The van der Waals surface area contributed by atoms with Crippen LogP contribution in [-0.4, -0.2) is 27.8 Å². The Morgan fingerprint density at radius 2 is 1.94 bits per heavy atom. The van der Waals surface area contributed by atoms with Crippen LogP contribution >= 0.6 is 0 Å². The molecule has 5 nitrogen and oxygen atoms in total. The number of benzene rings is 1. The summed E-state index contributed by atoms with van der Waals surface area (Å²) in [5.74, 6) is 0. The van der Waals surface area contributed by atoms with Gasteiger partial charge in [0.25, 0.3) is 0 Å². The molecule has 96 valence electrons. The minimum Gasteiger partial charge on any atom is -0.273 e. The molecule has 1 aromatic rings. The standard InChI is InChI=1S/C12H14N2O3S/c1-14(18(2,16)17)11-6-4-3-5-10(11)12(7-8-12)13-9-15/h3-6H,7-8H2,1-2H3. The van der Waals surface area contributed by atoms with Gasteiger partial charge in [-0.05, 0) is 18.9 Å². The van der Waals surface area contributed by atoms with Crippen molar-refractivity contribution in [2.45, 2.75) is 18.4 Å². The second-order valence-corrected chi connectivity index (χ2v) is 6.50. The molecular weight excluding hydrogens is 252 g/mol. The Morgan fingerprint density at radius 1 is 1.33 bits per heavy atom. The Bertz CT molecular complexity index is 614. The van der Waals surface area contributed by atoms with Crippen LogP contribution < -0.4 is 4.31 Å². The van der Waals surface area contributed by atoms with E-state index < -0.39 is 15.6 Å². The Morgan fingerprint density at radius 3 is 2.44 bits per heavy atom. The minimum absolute atomic E-state index is 0.566. The molecule has 18 heavy (non-hydrogen) atoms. The van der Waals surface area contributed by atoms with Crippen molar-refractivity contribution in [1.82, 2.24) is 0 Å². The van der Waals surface area contributed by atoms with Crippen LogP contribution in [0.5, 0.6) is 0 Å². The molecule has 0 N–H and O–H groups in total. The predicted molar refractivity (Wildman–Crippen MR) is 68.7 cm³/mol. The number of carbonyl (C=O) groups excluding carboxylic acids is 1. The number of rotatable bonds is 4. The summed E-state index contributed by atoms with van der Waals surface area (Å²) in [6, 6.07) is 7.11. The van der Waals surface area contributed by atoms with Crippen molar-refractivity contribution in [2.24, 2.45) is 4.99 Å². The second kappa shape index (κ2) is 4.23. The highest BCUT2D eigenvalue weighted by Crippen LogP contribution is 2.52. The molecule has 0 aliphatic heterocycles. The third kappa shape index (κ3) is 2.17. The van der Waals surface area contributed by atoms with E-state index >= 15 is 0 Å². The maximum absolute atomic E-state index is 11.6. The molecule has 0 unspecified atom stereocenters. The number of nitrogens with zero attached hydrogens (tertiary/aromatic N) is 2. The van der Waals surface area contributed by atoms with Crippen LogP contribution in [0.15, 0.2) is 29.3 Å². The van der Waals surface area contributed by atoms with Crippen LogP contribution in [-0.2, 0) is 20.4 Å². The highest BCUT2D eigenvalue weighted by atomic mass is 32.2. The van der Waals surface area contributed by atoms with Gasteiger partial charge in [-0.2, -0.15) is 4.99 Å². The lowest BCUT2D eigenvalue weighted by Crippen LogP contribution is -2.27. The molecule has 1 fully saturated rings. The monoisotopic (exact) mass is 266 g/mol. The maximum atomic E-state index is 11.6. The summed E-state index contributed by atoms with van der Waals surface area (Å²) in [4.78, 5) is 14.3.